The lowest BCUT2D eigenvalue weighted by molar-refractivity contribution is -0.115. The summed E-state index contributed by atoms with van der Waals surface area (Å²) in [6.45, 7) is 5.69. The molecule has 0 saturated carbocycles. The van der Waals surface area contributed by atoms with Gasteiger partial charge in [-0.1, -0.05) is 0 Å². The van der Waals surface area contributed by atoms with Gasteiger partial charge in [0.25, 0.3) is 5.91 Å². The Hall–Kier alpha value is -1.09. The molecular weight excluding hydrogens is 210 g/mol. The molecule has 5 nitrogen and oxygen atoms in total. The van der Waals surface area contributed by atoms with Gasteiger partial charge in [0.2, 0.25) is 0 Å². The molecular formula is C11H19NO4. The fourth-order valence-corrected chi connectivity index (χ4v) is 0.872. The minimum atomic E-state index is -0.420. The predicted molar refractivity (Wildman–Crippen MR) is 60.0 cm³/mol. The second-order valence-electron chi connectivity index (χ2n) is 2.82. The number of nitrogens with one attached hydrogen (secondary N) is 1. The van der Waals surface area contributed by atoms with Gasteiger partial charge in [0.05, 0.1) is 33.0 Å². The standard InChI is InChI=1S/C11H19NO4/c1-3-11(13)12-5-6-15-9-10-16-8-7-14-4-2/h1H,4-10H2,2H3,(H,12,13). The fraction of sp³-hybridized carbons (Fsp3) is 0.727. The first-order valence-electron chi connectivity index (χ1n) is 5.29. The van der Waals surface area contributed by atoms with Crippen LogP contribution < -0.4 is 5.32 Å². The monoisotopic (exact) mass is 229 g/mol. The zero-order chi connectivity index (χ0) is 12.1. The van der Waals surface area contributed by atoms with Crippen LogP contribution in [0.4, 0.5) is 0 Å². The average Bonchev–Trinajstić information content (AvgIpc) is 2.31. The van der Waals surface area contributed by atoms with Gasteiger partial charge in [-0.15, -0.1) is 6.42 Å². The Balaban J connectivity index is 2.99. The van der Waals surface area contributed by atoms with E-state index in [-0.39, 0.29) is 0 Å². The molecule has 0 heterocycles. The van der Waals surface area contributed by atoms with Crippen molar-refractivity contribution in [1.82, 2.24) is 5.32 Å². The number of rotatable bonds is 10. The zero-order valence-corrected chi connectivity index (χ0v) is 9.66. The molecule has 1 N–H and O–H groups in total. The molecule has 1 amide bonds. The molecule has 0 unspecified atom stereocenters. The highest BCUT2D eigenvalue weighted by Crippen LogP contribution is 1.80. The zero-order valence-electron chi connectivity index (χ0n) is 9.66. The number of amides is 1. The van der Waals surface area contributed by atoms with Gasteiger partial charge in [-0.05, 0) is 12.8 Å². The first-order chi connectivity index (χ1) is 7.81. The lowest BCUT2D eigenvalue weighted by Gasteiger charge is -2.05. The van der Waals surface area contributed by atoms with E-state index in [1.165, 1.54) is 0 Å². The van der Waals surface area contributed by atoms with Crippen molar-refractivity contribution in [3.05, 3.63) is 0 Å². The van der Waals surface area contributed by atoms with Crippen LogP contribution in [0.15, 0.2) is 0 Å². The molecule has 0 aliphatic rings. The third-order valence-corrected chi connectivity index (χ3v) is 1.61. The van der Waals surface area contributed by atoms with Gasteiger partial charge in [-0.25, -0.2) is 0 Å². The highest BCUT2D eigenvalue weighted by Gasteiger charge is 1.93. The number of hydrogen-bond donors (Lipinski definition) is 1. The maximum atomic E-state index is 10.6. The van der Waals surface area contributed by atoms with Crippen LogP contribution in [-0.4, -0.2) is 52.1 Å². The van der Waals surface area contributed by atoms with Crippen molar-refractivity contribution in [2.24, 2.45) is 0 Å². The van der Waals surface area contributed by atoms with E-state index < -0.39 is 5.91 Å². The average molecular weight is 229 g/mol. The van der Waals surface area contributed by atoms with E-state index in [4.69, 9.17) is 20.6 Å². The van der Waals surface area contributed by atoms with Crippen molar-refractivity contribution in [1.29, 1.82) is 0 Å². The van der Waals surface area contributed by atoms with Crippen molar-refractivity contribution in [3.63, 3.8) is 0 Å². The summed E-state index contributed by atoms with van der Waals surface area (Å²) in [4.78, 5) is 10.6. The van der Waals surface area contributed by atoms with Crippen LogP contribution in [0.3, 0.4) is 0 Å². The summed E-state index contributed by atoms with van der Waals surface area (Å²) in [6.07, 6.45) is 4.86. The van der Waals surface area contributed by atoms with Crippen LogP contribution in [0.2, 0.25) is 0 Å². The molecule has 0 atom stereocenters. The molecule has 0 saturated heterocycles. The Morgan fingerprint density at radius 3 is 2.25 bits per heavy atom. The maximum Gasteiger partial charge on any atom is 0.295 e. The number of carbonyl (C=O) groups excluding carboxylic acids is 1. The topological polar surface area (TPSA) is 56.8 Å². The van der Waals surface area contributed by atoms with Gasteiger partial charge >= 0.3 is 0 Å². The number of terminal acetylenes is 1. The number of hydrogen-bond acceptors (Lipinski definition) is 4. The van der Waals surface area contributed by atoms with Gasteiger partial charge in [-0.3, -0.25) is 4.79 Å². The molecule has 0 aromatic carbocycles. The molecule has 0 rings (SSSR count). The first-order valence-corrected chi connectivity index (χ1v) is 5.29. The summed E-state index contributed by atoms with van der Waals surface area (Å²) in [7, 11) is 0. The van der Waals surface area contributed by atoms with Crippen molar-refractivity contribution >= 4 is 5.91 Å². The van der Waals surface area contributed by atoms with Crippen LogP contribution in [-0.2, 0) is 19.0 Å². The van der Waals surface area contributed by atoms with E-state index in [0.717, 1.165) is 0 Å². The molecule has 5 heteroatoms. The highest BCUT2D eigenvalue weighted by atomic mass is 16.5. The molecule has 0 fully saturated rings. The summed E-state index contributed by atoms with van der Waals surface area (Å²) in [6, 6.07) is 0. The predicted octanol–water partition coefficient (Wildman–Crippen LogP) is -0.194. The SMILES string of the molecule is C#CC(=O)NCCOCCOCCOCC. The quantitative estimate of drug-likeness (QED) is 0.416. The smallest absolute Gasteiger partial charge is 0.295 e. The maximum absolute atomic E-state index is 10.6. The second kappa shape index (κ2) is 12.0. The van der Waals surface area contributed by atoms with Crippen molar-refractivity contribution in [2.45, 2.75) is 6.92 Å². The van der Waals surface area contributed by atoms with Gasteiger partial charge in [0.15, 0.2) is 0 Å². The lowest BCUT2D eigenvalue weighted by atomic mass is 10.6. The van der Waals surface area contributed by atoms with Crippen molar-refractivity contribution < 1.29 is 19.0 Å². The molecule has 16 heavy (non-hydrogen) atoms. The van der Waals surface area contributed by atoms with Crippen LogP contribution >= 0.6 is 0 Å². The van der Waals surface area contributed by atoms with Crippen LogP contribution in [0.25, 0.3) is 0 Å². The van der Waals surface area contributed by atoms with Crippen LogP contribution in [0.1, 0.15) is 6.92 Å². The lowest BCUT2D eigenvalue weighted by Crippen LogP contribution is -2.26. The second-order valence-corrected chi connectivity index (χ2v) is 2.82. The largest absolute Gasteiger partial charge is 0.379 e. The van der Waals surface area contributed by atoms with Crippen LogP contribution in [0.5, 0.6) is 0 Å². The Bertz CT molecular complexity index is 213. The summed E-state index contributed by atoms with van der Waals surface area (Å²) in [5, 5.41) is 2.49. The van der Waals surface area contributed by atoms with E-state index in [2.05, 4.69) is 5.32 Å². The molecule has 0 aliphatic carbocycles. The third kappa shape index (κ3) is 11.0. The molecule has 0 bridgehead atoms. The van der Waals surface area contributed by atoms with E-state index in [1.54, 1.807) is 0 Å². The molecule has 92 valence electrons. The van der Waals surface area contributed by atoms with Gasteiger partial charge < -0.3 is 19.5 Å². The summed E-state index contributed by atoms with van der Waals surface area (Å²) in [5.41, 5.74) is 0. The third-order valence-electron chi connectivity index (χ3n) is 1.61. The van der Waals surface area contributed by atoms with Gasteiger partial charge in [0, 0.05) is 13.2 Å². The normalized spacial score (nSPS) is 9.75. The molecule has 0 aromatic rings. The summed E-state index contributed by atoms with van der Waals surface area (Å²) in [5.74, 6) is 1.53. The first kappa shape index (κ1) is 14.9. The Morgan fingerprint density at radius 1 is 1.12 bits per heavy atom. The van der Waals surface area contributed by atoms with E-state index in [0.29, 0.717) is 46.2 Å². The van der Waals surface area contributed by atoms with Gasteiger partial charge in [-0.2, -0.15) is 0 Å². The highest BCUT2D eigenvalue weighted by molar-refractivity contribution is 5.92. The summed E-state index contributed by atoms with van der Waals surface area (Å²) >= 11 is 0. The Labute approximate surface area is 96.4 Å². The van der Waals surface area contributed by atoms with E-state index >= 15 is 0 Å². The van der Waals surface area contributed by atoms with E-state index in [1.807, 2.05) is 12.8 Å². The molecule has 0 spiro atoms. The summed E-state index contributed by atoms with van der Waals surface area (Å²) < 4.78 is 15.5. The number of carbonyl (C=O) groups is 1. The van der Waals surface area contributed by atoms with E-state index in [9.17, 15) is 4.79 Å². The molecule has 0 aromatic heterocycles. The molecule has 0 aliphatic heterocycles. The fourth-order valence-electron chi connectivity index (χ4n) is 0.872. The van der Waals surface area contributed by atoms with Crippen molar-refractivity contribution in [3.8, 4) is 12.3 Å². The number of ether oxygens (including phenoxy) is 3. The van der Waals surface area contributed by atoms with Crippen LogP contribution in [0, 0.1) is 12.3 Å². The Morgan fingerprint density at radius 2 is 1.69 bits per heavy atom. The Kier molecular flexibility index (Phi) is 11.2. The van der Waals surface area contributed by atoms with Gasteiger partial charge in [0.1, 0.15) is 0 Å². The minimum absolute atomic E-state index is 0.419. The minimum Gasteiger partial charge on any atom is -0.379 e. The molecule has 0 radical (unpaired) electrons. The van der Waals surface area contributed by atoms with Crippen molar-refractivity contribution in [2.75, 3.05) is 46.2 Å².